The number of anilines is 2. The minimum Gasteiger partial charge on any atom is -0.379 e. The van der Waals surface area contributed by atoms with E-state index in [2.05, 4.69) is 22.7 Å². The Kier molecular flexibility index (Phi) is 4.15. The van der Waals surface area contributed by atoms with Crippen molar-refractivity contribution in [2.75, 3.05) is 16.4 Å². The highest BCUT2D eigenvalue weighted by molar-refractivity contribution is 8.00. The second-order valence-electron chi connectivity index (χ2n) is 4.95. The topological polar surface area (TPSA) is 59.0 Å². The minimum absolute atomic E-state index is 0.0608. The molecule has 0 unspecified atom stereocenters. The summed E-state index contributed by atoms with van der Waals surface area (Å²) < 4.78 is 2.02. The van der Waals surface area contributed by atoms with Crippen molar-refractivity contribution in [3.8, 4) is 0 Å². The third-order valence-electron chi connectivity index (χ3n) is 3.33. The van der Waals surface area contributed by atoms with Gasteiger partial charge in [-0.2, -0.15) is 5.10 Å². The van der Waals surface area contributed by atoms with Gasteiger partial charge in [0.15, 0.2) is 0 Å². The minimum atomic E-state index is 0.0608. The van der Waals surface area contributed by atoms with Crippen LogP contribution in [0.25, 0.3) is 0 Å². The number of hydrogen-bond acceptors (Lipinski definition) is 4. The number of aryl methyl sites for hydroxylation is 1. The van der Waals surface area contributed by atoms with E-state index in [4.69, 9.17) is 0 Å². The highest BCUT2D eigenvalue weighted by Gasteiger charge is 2.15. The molecule has 1 aromatic heterocycles. The summed E-state index contributed by atoms with van der Waals surface area (Å²) in [5.41, 5.74) is 3.05. The molecule has 3 rings (SSSR count). The lowest BCUT2D eigenvalue weighted by molar-refractivity contribution is -0.113. The molecule has 0 saturated heterocycles. The van der Waals surface area contributed by atoms with Crippen LogP contribution < -0.4 is 10.6 Å². The molecule has 0 saturated carbocycles. The lowest BCUT2D eigenvalue weighted by Crippen LogP contribution is -2.18. The van der Waals surface area contributed by atoms with Crippen molar-refractivity contribution in [1.82, 2.24) is 9.78 Å². The lowest BCUT2D eigenvalue weighted by Gasteiger charge is -2.17. The van der Waals surface area contributed by atoms with Gasteiger partial charge in [0, 0.05) is 23.3 Å². The van der Waals surface area contributed by atoms with Crippen LogP contribution in [-0.4, -0.2) is 21.4 Å². The summed E-state index contributed by atoms with van der Waals surface area (Å²) in [6.45, 7) is 3.80. The first-order valence-electron chi connectivity index (χ1n) is 7.07. The largest absolute Gasteiger partial charge is 0.379 e. The van der Waals surface area contributed by atoms with E-state index in [0.29, 0.717) is 5.75 Å². The predicted molar refractivity (Wildman–Crippen MR) is 85.6 cm³/mol. The number of rotatable bonds is 5. The maximum absolute atomic E-state index is 11.4. The first-order valence-corrected chi connectivity index (χ1v) is 8.06. The molecule has 5 nitrogen and oxygen atoms in total. The zero-order valence-electron chi connectivity index (χ0n) is 11.9. The molecule has 2 N–H and O–H groups in total. The third-order valence-corrected chi connectivity index (χ3v) is 4.40. The first-order chi connectivity index (χ1) is 10.3. The van der Waals surface area contributed by atoms with Crippen LogP contribution in [0.1, 0.15) is 19.0 Å². The normalized spacial score (nSPS) is 13.7. The number of carbonyl (C=O) groups is 1. The Balaban J connectivity index is 1.69. The van der Waals surface area contributed by atoms with Gasteiger partial charge in [-0.05, 0) is 30.7 Å². The molecule has 0 radical (unpaired) electrons. The number of fused-ring (bicyclic) bond motifs is 1. The summed E-state index contributed by atoms with van der Waals surface area (Å²) in [4.78, 5) is 12.6. The Bertz CT molecular complexity index is 653. The predicted octanol–water partition coefficient (Wildman–Crippen LogP) is 2.95. The summed E-state index contributed by atoms with van der Waals surface area (Å²) in [5.74, 6) is 0.557. The Morgan fingerprint density at radius 1 is 1.43 bits per heavy atom. The summed E-state index contributed by atoms with van der Waals surface area (Å²) in [6.07, 6.45) is 2.90. The van der Waals surface area contributed by atoms with Gasteiger partial charge in [-0.1, -0.05) is 6.92 Å². The third kappa shape index (κ3) is 3.21. The fourth-order valence-electron chi connectivity index (χ4n) is 2.31. The number of hydrogen-bond donors (Lipinski definition) is 2. The van der Waals surface area contributed by atoms with Crippen molar-refractivity contribution >= 4 is 29.0 Å². The number of nitrogens with zero attached hydrogens (tertiary/aromatic N) is 2. The van der Waals surface area contributed by atoms with Gasteiger partial charge in [0.2, 0.25) is 5.91 Å². The highest BCUT2D eigenvalue weighted by atomic mass is 32.2. The maximum atomic E-state index is 11.4. The van der Waals surface area contributed by atoms with Crippen LogP contribution >= 0.6 is 11.8 Å². The van der Waals surface area contributed by atoms with Gasteiger partial charge < -0.3 is 10.6 Å². The van der Waals surface area contributed by atoms with Gasteiger partial charge in [0.1, 0.15) is 0 Å². The molecule has 1 aromatic carbocycles. The maximum Gasteiger partial charge on any atom is 0.234 e. The molecule has 0 aliphatic carbocycles. The summed E-state index contributed by atoms with van der Waals surface area (Å²) in [6, 6.07) is 8.10. The molecular formula is C15H18N4OS. The summed E-state index contributed by atoms with van der Waals surface area (Å²) >= 11 is 1.58. The van der Waals surface area contributed by atoms with Gasteiger partial charge in [-0.25, -0.2) is 0 Å². The SMILES string of the molecule is CCCn1nccc1CNc1ccc2c(c1)NC(=O)CS2. The molecule has 0 bridgehead atoms. The van der Waals surface area contributed by atoms with E-state index in [1.165, 1.54) is 0 Å². The zero-order chi connectivity index (χ0) is 14.7. The number of benzene rings is 1. The lowest BCUT2D eigenvalue weighted by atomic mass is 10.2. The van der Waals surface area contributed by atoms with Crippen LogP contribution in [0.3, 0.4) is 0 Å². The van der Waals surface area contributed by atoms with Gasteiger partial charge in [-0.15, -0.1) is 11.8 Å². The molecule has 6 heteroatoms. The van der Waals surface area contributed by atoms with Crippen LogP contribution in [0, 0.1) is 0 Å². The van der Waals surface area contributed by atoms with Crippen LogP contribution in [-0.2, 0) is 17.9 Å². The Hall–Kier alpha value is -1.95. The average molecular weight is 302 g/mol. The van der Waals surface area contributed by atoms with E-state index >= 15 is 0 Å². The standard InChI is InChI=1S/C15H18N4OS/c1-2-7-19-12(5-6-17-19)9-16-11-3-4-14-13(8-11)18-15(20)10-21-14/h3-6,8,16H,2,7,9-10H2,1H3,(H,18,20). The van der Waals surface area contributed by atoms with Crippen LogP contribution in [0.2, 0.25) is 0 Å². The van der Waals surface area contributed by atoms with Gasteiger partial charge in [0.25, 0.3) is 0 Å². The molecule has 2 heterocycles. The molecule has 1 aliphatic heterocycles. The average Bonchev–Trinajstić information content (AvgIpc) is 2.92. The van der Waals surface area contributed by atoms with E-state index in [1.54, 1.807) is 11.8 Å². The molecule has 0 atom stereocenters. The number of aromatic nitrogens is 2. The number of thioether (sulfide) groups is 1. The molecule has 0 fully saturated rings. The molecule has 0 spiro atoms. The van der Waals surface area contributed by atoms with Crippen molar-refractivity contribution in [2.24, 2.45) is 0 Å². The molecule has 1 amide bonds. The second-order valence-corrected chi connectivity index (χ2v) is 5.96. The zero-order valence-corrected chi connectivity index (χ0v) is 12.7. The Labute approximate surface area is 128 Å². The number of amides is 1. The van der Waals surface area contributed by atoms with Crippen molar-refractivity contribution in [3.05, 3.63) is 36.2 Å². The van der Waals surface area contributed by atoms with E-state index < -0.39 is 0 Å². The monoisotopic (exact) mass is 302 g/mol. The number of nitrogens with one attached hydrogen (secondary N) is 2. The Morgan fingerprint density at radius 2 is 2.33 bits per heavy atom. The van der Waals surface area contributed by atoms with E-state index in [0.717, 1.165) is 41.5 Å². The van der Waals surface area contributed by atoms with E-state index in [1.807, 2.05) is 35.1 Å². The molecule has 1 aliphatic rings. The van der Waals surface area contributed by atoms with Crippen molar-refractivity contribution in [1.29, 1.82) is 0 Å². The molecular weight excluding hydrogens is 284 g/mol. The summed E-state index contributed by atoms with van der Waals surface area (Å²) in [7, 11) is 0. The van der Waals surface area contributed by atoms with Crippen molar-refractivity contribution in [3.63, 3.8) is 0 Å². The molecule has 110 valence electrons. The molecule has 2 aromatic rings. The smallest absolute Gasteiger partial charge is 0.234 e. The van der Waals surface area contributed by atoms with Crippen LogP contribution in [0.5, 0.6) is 0 Å². The van der Waals surface area contributed by atoms with E-state index in [-0.39, 0.29) is 5.91 Å². The van der Waals surface area contributed by atoms with Crippen molar-refractivity contribution < 1.29 is 4.79 Å². The highest BCUT2D eigenvalue weighted by Crippen LogP contribution is 2.33. The van der Waals surface area contributed by atoms with Gasteiger partial charge in [-0.3, -0.25) is 9.48 Å². The number of carbonyl (C=O) groups excluding carboxylic acids is 1. The fourth-order valence-corrected chi connectivity index (χ4v) is 3.10. The summed E-state index contributed by atoms with van der Waals surface area (Å²) in [5, 5.41) is 10.6. The fraction of sp³-hybridized carbons (Fsp3) is 0.333. The van der Waals surface area contributed by atoms with Gasteiger partial charge in [0.05, 0.1) is 23.7 Å². The van der Waals surface area contributed by atoms with E-state index in [9.17, 15) is 4.79 Å². The van der Waals surface area contributed by atoms with Crippen LogP contribution in [0.15, 0.2) is 35.4 Å². The second kappa shape index (κ2) is 6.22. The Morgan fingerprint density at radius 3 is 3.19 bits per heavy atom. The molecule has 21 heavy (non-hydrogen) atoms. The van der Waals surface area contributed by atoms with Gasteiger partial charge >= 0.3 is 0 Å². The van der Waals surface area contributed by atoms with Crippen LogP contribution in [0.4, 0.5) is 11.4 Å². The van der Waals surface area contributed by atoms with Crippen molar-refractivity contribution in [2.45, 2.75) is 31.3 Å². The first kappa shape index (κ1) is 14.0. The quantitative estimate of drug-likeness (QED) is 0.891.